The molecule has 0 bridgehead atoms. The Morgan fingerprint density at radius 3 is 2.67 bits per heavy atom. The third-order valence-corrected chi connectivity index (χ3v) is 2.73. The van der Waals surface area contributed by atoms with Gasteiger partial charge in [0.15, 0.2) is 0 Å². The minimum absolute atomic E-state index is 0.0498. The molecule has 0 saturated heterocycles. The Labute approximate surface area is 95.1 Å². The van der Waals surface area contributed by atoms with Crippen LogP contribution in [0.25, 0.3) is 0 Å². The van der Waals surface area contributed by atoms with Gasteiger partial charge in [-0.15, -0.1) is 11.3 Å². The highest BCUT2D eigenvalue weighted by molar-refractivity contribution is 7.09. The summed E-state index contributed by atoms with van der Waals surface area (Å²) in [6.45, 7) is 6.83. The van der Waals surface area contributed by atoms with Crippen LogP contribution in [0.15, 0.2) is 11.6 Å². The summed E-state index contributed by atoms with van der Waals surface area (Å²) in [7, 11) is 1.83. The zero-order valence-corrected chi connectivity index (χ0v) is 10.6. The highest BCUT2D eigenvalue weighted by Crippen LogP contribution is 2.20. The molecule has 15 heavy (non-hydrogen) atoms. The predicted molar refractivity (Wildman–Crippen MR) is 62.7 cm³/mol. The maximum Gasteiger partial charge on any atom is 0.223 e. The zero-order valence-electron chi connectivity index (χ0n) is 9.78. The fraction of sp³-hybridized carbons (Fsp3) is 0.636. The van der Waals surface area contributed by atoms with Crippen molar-refractivity contribution >= 4 is 17.2 Å². The number of hydrogen-bond donors (Lipinski definition) is 0. The first-order chi connectivity index (χ1) is 6.88. The molecule has 0 N–H and O–H groups in total. The molecule has 0 aliphatic rings. The lowest BCUT2D eigenvalue weighted by Crippen LogP contribution is -2.29. The number of aromatic nitrogens is 1. The van der Waals surface area contributed by atoms with Gasteiger partial charge in [0.1, 0.15) is 5.01 Å². The van der Waals surface area contributed by atoms with Gasteiger partial charge in [0, 0.05) is 25.0 Å². The molecule has 1 aromatic heterocycles. The molecule has 0 aliphatic carbocycles. The molecule has 3 nitrogen and oxygen atoms in total. The molecule has 1 heterocycles. The smallest absolute Gasteiger partial charge is 0.223 e. The second kappa shape index (κ2) is 4.75. The Morgan fingerprint density at radius 1 is 1.53 bits per heavy atom. The summed E-state index contributed by atoms with van der Waals surface area (Å²) in [5.74, 6) is 0.178. The van der Waals surface area contributed by atoms with E-state index in [0.717, 1.165) is 5.01 Å². The number of rotatable bonds is 3. The molecule has 0 unspecified atom stereocenters. The van der Waals surface area contributed by atoms with Crippen molar-refractivity contribution in [1.82, 2.24) is 9.88 Å². The summed E-state index contributed by atoms with van der Waals surface area (Å²) >= 11 is 1.58. The Morgan fingerprint density at radius 2 is 2.20 bits per heavy atom. The standard InChI is InChI=1S/C11H18N2OS/c1-11(2,3)7-10(14)13(4)8-9-12-5-6-15-9/h5-6H,7-8H2,1-4H3. The monoisotopic (exact) mass is 226 g/mol. The van der Waals surface area contributed by atoms with Gasteiger partial charge in [0.25, 0.3) is 0 Å². The van der Waals surface area contributed by atoms with Gasteiger partial charge in [-0.2, -0.15) is 0 Å². The first-order valence-electron chi connectivity index (χ1n) is 5.01. The van der Waals surface area contributed by atoms with Crippen molar-refractivity contribution in [1.29, 1.82) is 0 Å². The van der Waals surface area contributed by atoms with Crippen LogP contribution in [0.3, 0.4) is 0 Å². The van der Waals surface area contributed by atoms with E-state index in [1.165, 1.54) is 0 Å². The summed E-state index contributed by atoms with van der Waals surface area (Å²) in [5, 5.41) is 2.91. The molecule has 0 radical (unpaired) electrons. The lowest BCUT2D eigenvalue weighted by molar-refractivity contribution is -0.132. The van der Waals surface area contributed by atoms with Gasteiger partial charge in [-0.05, 0) is 5.41 Å². The number of carbonyl (C=O) groups is 1. The van der Waals surface area contributed by atoms with Gasteiger partial charge in [-0.25, -0.2) is 4.98 Å². The minimum Gasteiger partial charge on any atom is -0.339 e. The number of thiazole rings is 1. The maximum atomic E-state index is 11.8. The van der Waals surface area contributed by atoms with Crippen molar-refractivity contribution in [2.75, 3.05) is 7.05 Å². The van der Waals surface area contributed by atoms with Crippen molar-refractivity contribution in [2.45, 2.75) is 33.7 Å². The van der Waals surface area contributed by atoms with Gasteiger partial charge < -0.3 is 4.90 Å². The molecular weight excluding hydrogens is 208 g/mol. The highest BCUT2D eigenvalue weighted by Gasteiger charge is 2.19. The van der Waals surface area contributed by atoms with Crippen LogP contribution in [-0.2, 0) is 11.3 Å². The fourth-order valence-corrected chi connectivity index (χ4v) is 1.88. The Hall–Kier alpha value is -0.900. The van der Waals surface area contributed by atoms with Gasteiger partial charge in [0.2, 0.25) is 5.91 Å². The molecular formula is C11H18N2OS. The summed E-state index contributed by atoms with van der Waals surface area (Å²) in [4.78, 5) is 17.7. The second-order valence-corrected chi connectivity index (χ2v) is 5.89. The largest absolute Gasteiger partial charge is 0.339 e. The highest BCUT2D eigenvalue weighted by atomic mass is 32.1. The Kier molecular flexibility index (Phi) is 3.85. The van der Waals surface area contributed by atoms with E-state index in [-0.39, 0.29) is 11.3 Å². The third-order valence-electron chi connectivity index (χ3n) is 1.96. The van der Waals surface area contributed by atoms with Crippen LogP contribution in [0.5, 0.6) is 0 Å². The normalized spacial score (nSPS) is 11.5. The molecule has 0 spiro atoms. The van der Waals surface area contributed by atoms with Gasteiger partial charge in [-0.3, -0.25) is 4.79 Å². The first-order valence-corrected chi connectivity index (χ1v) is 5.89. The zero-order chi connectivity index (χ0) is 11.5. The quantitative estimate of drug-likeness (QED) is 0.793. The number of amides is 1. The SMILES string of the molecule is CN(Cc1nccs1)C(=O)CC(C)(C)C. The molecule has 0 aliphatic heterocycles. The van der Waals surface area contributed by atoms with Crippen LogP contribution in [-0.4, -0.2) is 22.8 Å². The Balaban J connectivity index is 2.47. The number of nitrogens with zero attached hydrogens (tertiary/aromatic N) is 2. The van der Waals surface area contributed by atoms with Crippen LogP contribution in [0, 0.1) is 5.41 Å². The van der Waals surface area contributed by atoms with Crippen LogP contribution < -0.4 is 0 Å². The molecule has 1 aromatic rings. The topological polar surface area (TPSA) is 33.2 Å². The van der Waals surface area contributed by atoms with E-state index in [1.807, 2.05) is 12.4 Å². The predicted octanol–water partition coefficient (Wildman–Crippen LogP) is 2.54. The summed E-state index contributed by atoms with van der Waals surface area (Å²) in [5.41, 5.74) is 0.0498. The van der Waals surface area contributed by atoms with Crippen molar-refractivity contribution in [3.63, 3.8) is 0 Å². The van der Waals surface area contributed by atoms with E-state index in [0.29, 0.717) is 13.0 Å². The minimum atomic E-state index is 0.0498. The van der Waals surface area contributed by atoms with E-state index >= 15 is 0 Å². The van der Waals surface area contributed by atoms with Gasteiger partial charge in [-0.1, -0.05) is 20.8 Å². The van der Waals surface area contributed by atoms with Crippen molar-refractivity contribution in [2.24, 2.45) is 5.41 Å². The van der Waals surface area contributed by atoms with Crippen molar-refractivity contribution in [3.05, 3.63) is 16.6 Å². The molecule has 1 rings (SSSR count). The summed E-state index contributed by atoms with van der Waals surface area (Å²) in [6.07, 6.45) is 2.34. The van der Waals surface area contributed by atoms with Crippen LogP contribution in [0.2, 0.25) is 0 Å². The van der Waals surface area contributed by atoms with Crippen LogP contribution in [0.4, 0.5) is 0 Å². The molecule has 0 fully saturated rings. The van der Waals surface area contributed by atoms with E-state index in [2.05, 4.69) is 25.8 Å². The molecule has 0 aromatic carbocycles. The maximum absolute atomic E-state index is 11.8. The van der Waals surface area contributed by atoms with Crippen molar-refractivity contribution < 1.29 is 4.79 Å². The molecule has 1 amide bonds. The molecule has 0 atom stereocenters. The Bertz CT molecular complexity index is 314. The average Bonchev–Trinajstić information content (AvgIpc) is 2.53. The lowest BCUT2D eigenvalue weighted by atomic mass is 9.92. The van der Waals surface area contributed by atoms with E-state index in [4.69, 9.17) is 0 Å². The van der Waals surface area contributed by atoms with E-state index in [1.54, 1.807) is 22.4 Å². The third kappa shape index (κ3) is 4.42. The van der Waals surface area contributed by atoms with Crippen molar-refractivity contribution in [3.8, 4) is 0 Å². The van der Waals surface area contributed by atoms with Gasteiger partial charge in [0.05, 0.1) is 6.54 Å². The van der Waals surface area contributed by atoms with Crippen LogP contribution in [0.1, 0.15) is 32.2 Å². The van der Waals surface area contributed by atoms with E-state index in [9.17, 15) is 4.79 Å². The number of hydrogen-bond acceptors (Lipinski definition) is 3. The summed E-state index contributed by atoms with van der Waals surface area (Å²) < 4.78 is 0. The van der Waals surface area contributed by atoms with Gasteiger partial charge >= 0.3 is 0 Å². The lowest BCUT2D eigenvalue weighted by Gasteiger charge is -2.22. The first kappa shape index (κ1) is 12.2. The average molecular weight is 226 g/mol. The molecule has 4 heteroatoms. The van der Waals surface area contributed by atoms with E-state index < -0.39 is 0 Å². The fourth-order valence-electron chi connectivity index (χ4n) is 1.21. The molecule has 84 valence electrons. The molecule has 0 saturated carbocycles. The second-order valence-electron chi connectivity index (χ2n) is 4.91. The number of carbonyl (C=O) groups excluding carboxylic acids is 1. The summed E-state index contributed by atoms with van der Waals surface area (Å²) in [6, 6.07) is 0. The van der Waals surface area contributed by atoms with Crippen LogP contribution >= 0.6 is 11.3 Å².